The Morgan fingerprint density at radius 2 is 2.25 bits per heavy atom. The van der Waals surface area contributed by atoms with E-state index in [1.807, 2.05) is 30.5 Å². The van der Waals surface area contributed by atoms with Crippen LogP contribution in [0.2, 0.25) is 0 Å². The van der Waals surface area contributed by atoms with Crippen molar-refractivity contribution in [1.29, 1.82) is 0 Å². The monoisotopic (exact) mass is 325 g/mol. The first-order valence-corrected chi connectivity index (χ1v) is 8.04. The molecule has 0 bridgehead atoms. The van der Waals surface area contributed by atoms with Crippen molar-refractivity contribution < 1.29 is 9.47 Å². The summed E-state index contributed by atoms with van der Waals surface area (Å²) in [6.45, 7) is 1.74. The predicted molar refractivity (Wildman–Crippen MR) is 89.5 cm³/mol. The van der Waals surface area contributed by atoms with Gasteiger partial charge in [-0.3, -0.25) is 4.98 Å². The molecule has 2 N–H and O–H groups in total. The van der Waals surface area contributed by atoms with Gasteiger partial charge in [0, 0.05) is 19.0 Å². The minimum Gasteiger partial charge on any atom is -0.379 e. The summed E-state index contributed by atoms with van der Waals surface area (Å²) in [4.78, 5) is 16.0. The molecule has 7 nitrogen and oxygen atoms in total. The minimum atomic E-state index is -0.0512. The van der Waals surface area contributed by atoms with E-state index in [1.54, 1.807) is 12.5 Å². The van der Waals surface area contributed by atoms with Crippen LogP contribution in [0.5, 0.6) is 0 Å². The molecule has 1 aliphatic heterocycles. The predicted octanol–water partition coefficient (Wildman–Crippen LogP) is 2.14. The highest BCUT2D eigenvalue weighted by atomic mass is 16.5. The van der Waals surface area contributed by atoms with E-state index in [1.165, 1.54) is 0 Å². The summed E-state index contributed by atoms with van der Waals surface area (Å²) in [5, 5.41) is 4.48. The third-order valence-electron chi connectivity index (χ3n) is 4.15. The lowest BCUT2D eigenvalue weighted by molar-refractivity contribution is -0.0645. The molecule has 124 valence electrons. The van der Waals surface area contributed by atoms with Crippen molar-refractivity contribution in [3.63, 3.8) is 0 Å². The summed E-state index contributed by atoms with van der Waals surface area (Å²) in [5.41, 5.74) is 1.74. The molecule has 2 atom stereocenters. The average molecular weight is 325 g/mol. The normalized spacial score (nSPS) is 21.0. The Morgan fingerprint density at radius 1 is 1.25 bits per heavy atom. The Hall–Kier alpha value is -2.51. The molecule has 0 unspecified atom stereocenters. The number of nitrogens with one attached hydrogen (secondary N) is 2. The van der Waals surface area contributed by atoms with Crippen molar-refractivity contribution in [3.8, 4) is 0 Å². The number of H-pyrrole nitrogens is 1. The van der Waals surface area contributed by atoms with Crippen LogP contribution in [0.1, 0.15) is 12.1 Å². The van der Waals surface area contributed by atoms with Crippen LogP contribution in [0.15, 0.2) is 43.0 Å². The number of nitrogens with zero attached hydrogens (tertiary/aromatic N) is 3. The smallest absolute Gasteiger partial charge is 0.142 e. The first-order valence-electron chi connectivity index (χ1n) is 8.04. The number of aromatic nitrogens is 4. The first kappa shape index (κ1) is 15.0. The molecule has 0 spiro atoms. The lowest BCUT2D eigenvalue weighted by Gasteiger charge is -2.32. The maximum absolute atomic E-state index is 6.05. The van der Waals surface area contributed by atoms with Crippen LogP contribution in [0.25, 0.3) is 11.0 Å². The zero-order chi connectivity index (χ0) is 16.2. The molecule has 0 aromatic carbocycles. The van der Waals surface area contributed by atoms with Gasteiger partial charge in [-0.05, 0) is 24.6 Å². The number of fused-ring (bicyclic) bond motifs is 1. The maximum Gasteiger partial charge on any atom is 0.142 e. The Balaban J connectivity index is 1.47. The van der Waals surface area contributed by atoms with Gasteiger partial charge in [0.1, 0.15) is 23.9 Å². The van der Waals surface area contributed by atoms with Gasteiger partial charge < -0.3 is 19.8 Å². The summed E-state index contributed by atoms with van der Waals surface area (Å²) in [7, 11) is 0. The van der Waals surface area contributed by atoms with Gasteiger partial charge in [0.2, 0.25) is 0 Å². The number of pyridine rings is 1. The summed E-state index contributed by atoms with van der Waals surface area (Å²) in [5.74, 6) is 0.819. The second-order valence-electron chi connectivity index (χ2n) is 5.75. The van der Waals surface area contributed by atoms with Crippen LogP contribution in [-0.4, -0.2) is 45.3 Å². The molecule has 4 rings (SSSR count). The molecular weight excluding hydrogens is 306 g/mol. The SMILES string of the molecule is c1ccc(CO[C@@H]2COCC[C@H]2Nc2ncnc3[nH]ccc23)nc1. The van der Waals surface area contributed by atoms with Crippen LogP contribution < -0.4 is 5.32 Å². The fourth-order valence-corrected chi connectivity index (χ4v) is 2.88. The number of aromatic amines is 1. The van der Waals surface area contributed by atoms with Crippen molar-refractivity contribution in [2.45, 2.75) is 25.2 Å². The molecule has 0 radical (unpaired) electrons. The standard InChI is InChI=1S/C17H19N5O2/c1-2-6-18-12(3-1)9-24-15-10-23-8-5-14(15)22-17-13-4-7-19-16(13)20-11-21-17/h1-4,6-7,11,14-15H,5,8-10H2,(H2,19,20,21,22)/t14-,15-/m1/s1. The van der Waals surface area contributed by atoms with Crippen LogP contribution >= 0.6 is 0 Å². The highest BCUT2D eigenvalue weighted by Crippen LogP contribution is 2.22. The molecule has 1 saturated heterocycles. The Kier molecular flexibility index (Phi) is 4.35. The summed E-state index contributed by atoms with van der Waals surface area (Å²) in [6, 6.07) is 7.92. The van der Waals surface area contributed by atoms with E-state index < -0.39 is 0 Å². The van der Waals surface area contributed by atoms with Crippen LogP contribution in [0.4, 0.5) is 5.82 Å². The number of rotatable bonds is 5. The van der Waals surface area contributed by atoms with Gasteiger partial charge in [0.25, 0.3) is 0 Å². The highest BCUT2D eigenvalue weighted by molar-refractivity contribution is 5.86. The van der Waals surface area contributed by atoms with Crippen LogP contribution in [-0.2, 0) is 16.1 Å². The van der Waals surface area contributed by atoms with Crippen molar-refractivity contribution in [2.24, 2.45) is 0 Å². The number of ether oxygens (including phenoxy) is 2. The zero-order valence-electron chi connectivity index (χ0n) is 13.2. The lowest BCUT2D eigenvalue weighted by Crippen LogP contribution is -2.43. The van der Waals surface area contributed by atoms with E-state index in [4.69, 9.17) is 9.47 Å². The van der Waals surface area contributed by atoms with Crippen LogP contribution in [0.3, 0.4) is 0 Å². The number of hydrogen-bond donors (Lipinski definition) is 2. The van der Waals surface area contributed by atoms with Crippen LogP contribution in [0, 0.1) is 0 Å². The molecular formula is C17H19N5O2. The van der Waals surface area contributed by atoms with Crippen molar-refractivity contribution in [1.82, 2.24) is 19.9 Å². The van der Waals surface area contributed by atoms with Gasteiger partial charge in [0.15, 0.2) is 0 Å². The molecule has 7 heteroatoms. The summed E-state index contributed by atoms with van der Waals surface area (Å²) >= 11 is 0. The first-order chi connectivity index (χ1) is 11.9. The fourth-order valence-electron chi connectivity index (χ4n) is 2.88. The number of hydrogen-bond acceptors (Lipinski definition) is 6. The average Bonchev–Trinajstić information content (AvgIpc) is 3.12. The topological polar surface area (TPSA) is 85.0 Å². The number of anilines is 1. The molecule has 0 amide bonds. The van der Waals surface area contributed by atoms with Gasteiger partial charge >= 0.3 is 0 Å². The quantitative estimate of drug-likeness (QED) is 0.747. The minimum absolute atomic E-state index is 0.0512. The Morgan fingerprint density at radius 3 is 3.17 bits per heavy atom. The molecule has 1 fully saturated rings. The second-order valence-corrected chi connectivity index (χ2v) is 5.75. The maximum atomic E-state index is 6.05. The van der Waals surface area contributed by atoms with Crippen molar-refractivity contribution in [2.75, 3.05) is 18.5 Å². The van der Waals surface area contributed by atoms with E-state index in [2.05, 4.69) is 25.3 Å². The van der Waals surface area contributed by atoms with Gasteiger partial charge in [0.05, 0.1) is 30.3 Å². The molecule has 1 aliphatic rings. The van der Waals surface area contributed by atoms with E-state index >= 15 is 0 Å². The molecule has 4 heterocycles. The van der Waals surface area contributed by atoms with Gasteiger partial charge in [-0.25, -0.2) is 9.97 Å². The third-order valence-corrected chi connectivity index (χ3v) is 4.15. The van der Waals surface area contributed by atoms with Crippen molar-refractivity contribution >= 4 is 16.9 Å². The van der Waals surface area contributed by atoms with E-state index in [0.29, 0.717) is 19.8 Å². The summed E-state index contributed by atoms with van der Waals surface area (Å²) in [6.07, 6.45) is 6.01. The Bertz CT molecular complexity index is 792. The second kappa shape index (κ2) is 6.94. The lowest BCUT2D eigenvalue weighted by atomic mass is 10.1. The molecule has 24 heavy (non-hydrogen) atoms. The van der Waals surface area contributed by atoms with Gasteiger partial charge in [-0.15, -0.1) is 0 Å². The van der Waals surface area contributed by atoms with E-state index in [9.17, 15) is 0 Å². The molecule has 3 aromatic rings. The molecule has 0 aliphatic carbocycles. The largest absolute Gasteiger partial charge is 0.379 e. The molecule has 0 saturated carbocycles. The van der Waals surface area contributed by atoms with E-state index in [-0.39, 0.29) is 12.1 Å². The summed E-state index contributed by atoms with van der Waals surface area (Å²) < 4.78 is 11.6. The Labute approximate surface area is 139 Å². The fraction of sp³-hybridized carbons (Fsp3) is 0.353. The third kappa shape index (κ3) is 3.22. The molecule has 3 aromatic heterocycles. The zero-order valence-corrected chi connectivity index (χ0v) is 13.2. The van der Waals surface area contributed by atoms with E-state index in [0.717, 1.165) is 29.0 Å². The van der Waals surface area contributed by atoms with Gasteiger partial charge in [-0.2, -0.15) is 0 Å². The van der Waals surface area contributed by atoms with Gasteiger partial charge in [-0.1, -0.05) is 6.07 Å². The van der Waals surface area contributed by atoms with Crippen molar-refractivity contribution in [3.05, 3.63) is 48.7 Å². The highest BCUT2D eigenvalue weighted by Gasteiger charge is 2.27.